The molecule has 0 aliphatic carbocycles. The van der Waals surface area contributed by atoms with E-state index in [9.17, 15) is 4.79 Å². The van der Waals surface area contributed by atoms with Crippen molar-refractivity contribution in [3.05, 3.63) is 107 Å². The maximum Gasteiger partial charge on any atom is 0.304 e. The van der Waals surface area contributed by atoms with Crippen LogP contribution in [0.2, 0.25) is 0 Å². The maximum atomic E-state index is 11.1. The lowest BCUT2D eigenvalue weighted by Crippen LogP contribution is -2.25. The molecule has 0 heterocycles. The summed E-state index contributed by atoms with van der Waals surface area (Å²) in [6.45, 7) is 4.07. The van der Waals surface area contributed by atoms with Gasteiger partial charge in [-0.3, -0.25) is 9.69 Å². The fourth-order valence-corrected chi connectivity index (χ4v) is 3.29. The van der Waals surface area contributed by atoms with Gasteiger partial charge in [0.2, 0.25) is 0 Å². The third kappa shape index (κ3) is 7.05. The van der Waals surface area contributed by atoms with Gasteiger partial charge in [-0.2, -0.15) is 0 Å². The molecule has 1 N–H and O–H groups in total. The Kier molecular flexibility index (Phi) is 7.37. The number of aliphatic carboxylic acids is 1. The average Bonchev–Trinajstić information content (AvgIpc) is 2.72. The summed E-state index contributed by atoms with van der Waals surface area (Å²) in [6, 6.07) is 27.1. The van der Waals surface area contributed by atoms with Crippen LogP contribution in [-0.4, -0.2) is 22.5 Å². The molecule has 0 aromatic heterocycles. The minimum atomic E-state index is -0.763. The first kappa shape index (κ1) is 20.6. The van der Waals surface area contributed by atoms with E-state index in [-0.39, 0.29) is 6.42 Å². The maximum absolute atomic E-state index is 11.1. The van der Waals surface area contributed by atoms with Crippen LogP contribution in [0, 0.1) is 6.92 Å². The first-order valence-electron chi connectivity index (χ1n) is 9.90. The Morgan fingerprint density at radius 2 is 1.48 bits per heavy atom. The van der Waals surface area contributed by atoms with Gasteiger partial charge in [0.25, 0.3) is 0 Å². The molecule has 3 rings (SSSR count). The van der Waals surface area contributed by atoms with Crippen LogP contribution in [0.1, 0.15) is 34.2 Å². The number of benzene rings is 3. The van der Waals surface area contributed by atoms with Crippen molar-refractivity contribution >= 4 is 18.1 Å². The van der Waals surface area contributed by atoms with Crippen molar-refractivity contribution in [1.82, 2.24) is 4.90 Å². The Morgan fingerprint density at radius 3 is 2.14 bits per heavy atom. The van der Waals surface area contributed by atoms with Crippen LogP contribution < -0.4 is 0 Å². The summed E-state index contributed by atoms with van der Waals surface area (Å²) >= 11 is 0. The molecule has 0 spiro atoms. The van der Waals surface area contributed by atoms with Crippen molar-refractivity contribution in [3.63, 3.8) is 0 Å². The molecule has 3 heteroatoms. The van der Waals surface area contributed by atoms with Crippen LogP contribution in [0.25, 0.3) is 12.2 Å². The van der Waals surface area contributed by atoms with Crippen molar-refractivity contribution in [2.75, 3.05) is 6.54 Å². The van der Waals surface area contributed by atoms with Gasteiger partial charge in [-0.1, -0.05) is 96.6 Å². The van der Waals surface area contributed by atoms with Crippen LogP contribution in [0.4, 0.5) is 0 Å². The molecule has 0 saturated heterocycles. The molecule has 0 bridgehead atoms. The molecule has 148 valence electrons. The summed E-state index contributed by atoms with van der Waals surface area (Å²) < 4.78 is 0. The van der Waals surface area contributed by atoms with Gasteiger partial charge in [0.05, 0.1) is 6.42 Å². The number of nitrogens with zero attached hydrogens (tertiary/aromatic N) is 1. The van der Waals surface area contributed by atoms with Crippen molar-refractivity contribution < 1.29 is 9.90 Å². The van der Waals surface area contributed by atoms with E-state index < -0.39 is 5.97 Å². The molecule has 0 aliphatic heterocycles. The third-order valence-electron chi connectivity index (χ3n) is 4.78. The van der Waals surface area contributed by atoms with E-state index in [1.54, 1.807) is 0 Å². The highest BCUT2D eigenvalue weighted by Gasteiger charge is 2.10. The van der Waals surface area contributed by atoms with Gasteiger partial charge in [0, 0.05) is 19.6 Å². The zero-order valence-electron chi connectivity index (χ0n) is 16.8. The van der Waals surface area contributed by atoms with E-state index in [1.165, 1.54) is 22.3 Å². The van der Waals surface area contributed by atoms with Gasteiger partial charge in [-0.25, -0.2) is 0 Å². The molecule has 29 heavy (non-hydrogen) atoms. The van der Waals surface area contributed by atoms with Crippen molar-refractivity contribution in [3.8, 4) is 0 Å². The quantitative estimate of drug-likeness (QED) is 0.484. The Morgan fingerprint density at radius 1 is 0.828 bits per heavy atom. The Hall–Kier alpha value is -3.17. The summed E-state index contributed by atoms with van der Waals surface area (Å²) in [7, 11) is 0. The normalized spacial score (nSPS) is 11.2. The second-order valence-electron chi connectivity index (χ2n) is 7.33. The van der Waals surface area contributed by atoms with Crippen LogP contribution in [0.5, 0.6) is 0 Å². The first-order chi connectivity index (χ1) is 14.1. The highest BCUT2D eigenvalue weighted by molar-refractivity contribution is 5.69. The number of carbonyl (C=O) groups is 1. The molecule has 3 aromatic carbocycles. The molecule has 3 aromatic rings. The minimum Gasteiger partial charge on any atom is -0.481 e. The molecule has 0 amide bonds. The number of carboxylic acids is 1. The number of aryl methyl sites for hydroxylation is 1. The summed E-state index contributed by atoms with van der Waals surface area (Å²) in [6.07, 6.45) is 4.35. The molecule has 0 atom stereocenters. The van der Waals surface area contributed by atoms with Gasteiger partial charge >= 0.3 is 5.97 Å². The van der Waals surface area contributed by atoms with Crippen LogP contribution >= 0.6 is 0 Å². The third-order valence-corrected chi connectivity index (χ3v) is 4.78. The fraction of sp³-hybridized carbons (Fsp3) is 0.192. The second-order valence-corrected chi connectivity index (χ2v) is 7.33. The minimum absolute atomic E-state index is 0.143. The topological polar surface area (TPSA) is 40.5 Å². The smallest absolute Gasteiger partial charge is 0.304 e. The molecule has 0 fully saturated rings. The summed E-state index contributed by atoms with van der Waals surface area (Å²) in [5.41, 5.74) is 5.93. The number of hydrogen-bond donors (Lipinski definition) is 1. The van der Waals surface area contributed by atoms with Crippen molar-refractivity contribution in [1.29, 1.82) is 0 Å². The second kappa shape index (κ2) is 10.4. The average molecular weight is 386 g/mol. The molecule has 0 unspecified atom stereocenters. The lowest BCUT2D eigenvalue weighted by molar-refractivity contribution is -0.137. The zero-order valence-corrected chi connectivity index (χ0v) is 16.8. The highest BCUT2D eigenvalue weighted by atomic mass is 16.4. The Balaban J connectivity index is 1.66. The zero-order chi connectivity index (χ0) is 20.5. The lowest BCUT2D eigenvalue weighted by atomic mass is 10.1. The fourth-order valence-electron chi connectivity index (χ4n) is 3.29. The van der Waals surface area contributed by atoms with Gasteiger partial charge in [0.15, 0.2) is 0 Å². The van der Waals surface area contributed by atoms with Crippen molar-refractivity contribution in [2.45, 2.75) is 26.4 Å². The summed E-state index contributed by atoms with van der Waals surface area (Å²) in [5, 5.41) is 9.09. The van der Waals surface area contributed by atoms with E-state index in [0.29, 0.717) is 6.54 Å². The predicted molar refractivity (Wildman–Crippen MR) is 119 cm³/mol. The van der Waals surface area contributed by atoms with Gasteiger partial charge in [0.1, 0.15) is 0 Å². The number of rotatable bonds is 9. The van der Waals surface area contributed by atoms with E-state index in [4.69, 9.17) is 5.11 Å². The molecular weight excluding hydrogens is 358 g/mol. The molecular formula is C26H27NO2. The predicted octanol–water partition coefficient (Wildman–Crippen LogP) is 5.64. The molecule has 0 aliphatic rings. The highest BCUT2D eigenvalue weighted by Crippen LogP contribution is 2.14. The van der Waals surface area contributed by atoms with Gasteiger partial charge < -0.3 is 5.11 Å². The Bertz CT molecular complexity index is 946. The molecule has 0 radical (unpaired) electrons. The largest absolute Gasteiger partial charge is 0.481 e. The Labute approximate surface area is 172 Å². The van der Waals surface area contributed by atoms with Crippen LogP contribution in [-0.2, 0) is 17.9 Å². The standard InChI is InChI=1S/C26H27NO2/c1-21-6-5-9-25(18-21)20-27(17-16-26(28)29)19-24-14-12-23(13-15-24)11-10-22-7-3-2-4-8-22/h2-15,18H,16-17,19-20H2,1H3,(H,28,29)/b11-10+. The SMILES string of the molecule is Cc1cccc(CN(CCC(=O)O)Cc2ccc(/C=C/c3ccccc3)cc2)c1. The first-order valence-corrected chi connectivity index (χ1v) is 9.90. The number of hydrogen-bond acceptors (Lipinski definition) is 2. The van der Waals surface area contributed by atoms with E-state index >= 15 is 0 Å². The van der Waals surface area contributed by atoms with Gasteiger partial charge in [-0.15, -0.1) is 0 Å². The van der Waals surface area contributed by atoms with Crippen LogP contribution in [0.3, 0.4) is 0 Å². The van der Waals surface area contributed by atoms with E-state index in [2.05, 4.69) is 78.6 Å². The monoisotopic (exact) mass is 385 g/mol. The van der Waals surface area contributed by atoms with Crippen molar-refractivity contribution in [2.24, 2.45) is 0 Å². The van der Waals surface area contributed by atoms with Crippen LogP contribution in [0.15, 0.2) is 78.9 Å². The van der Waals surface area contributed by atoms with Gasteiger partial charge in [-0.05, 0) is 29.2 Å². The molecule has 3 nitrogen and oxygen atoms in total. The molecule has 0 saturated carbocycles. The summed E-state index contributed by atoms with van der Waals surface area (Å²) in [4.78, 5) is 13.3. The lowest BCUT2D eigenvalue weighted by Gasteiger charge is -2.22. The summed E-state index contributed by atoms with van der Waals surface area (Å²) in [5.74, 6) is -0.763. The number of carboxylic acid groups (broad SMARTS) is 1. The van der Waals surface area contributed by atoms with E-state index in [0.717, 1.165) is 18.7 Å². The van der Waals surface area contributed by atoms with E-state index in [1.807, 2.05) is 24.3 Å².